The van der Waals surface area contributed by atoms with Gasteiger partial charge in [0.2, 0.25) is 5.91 Å². The molecule has 3 N–H and O–H groups in total. The molecular weight excluding hydrogens is 254 g/mol. The quantitative estimate of drug-likeness (QED) is 0.533. The van der Waals surface area contributed by atoms with Crippen LogP contribution >= 0.6 is 0 Å². The van der Waals surface area contributed by atoms with Gasteiger partial charge < -0.3 is 20.5 Å². The molecular formula is C11H15N3O5. The number of nitrogens with one attached hydrogen (secondary N) is 1. The molecule has 1 aromatic rings. The van der Waals surface area contributed by atoms with Crippen LogP contribution in [0.4, 0.5) is 5.69 Å². The number of nitro benzene ring substituents is 1. The number of nitro groups is 1. The van der Waals surface area contributed by atoms with Crippen molar-refractivity contribution in [2.24, 2.45) is 5.73 Å². The monoisotopic (exact) mass is 269 g/mol. The number of hydrogen-bond acceptors (Lipinski definition) is 6. The van der Waals surface area contributed by atoms with Gasteiger partial charge in [-0.3, -0.25) is 14.9 Å². The molecule has 0 saturated carbocycles. The molecule has 8 heteroatoms. The van der Waals surface area contributed by atoms with Gasteiger partial charge in [-0.05, 0) is 13.1 Å². The van der Waals surface area contributed by atoms with Crippen LogP contribution in [0.3, 0.4) is 0 Å². The van der Waals surface area contributed by atoms with Gasteiger partial charge in [-0.15, -0.1) is 0 Å². The first-order valence-electron chi connectivity index (χ1n) is 5.41. The van der Waals surface area contributed by atoms with Crippen LogP contribution < -0.4 is 20.5 Å². The molecule has 0 aliphatic heterocycles. The Balaban J connectivity index is 2.88. The Hall–Kier alpha value is -2.35. The van der Waals surface area contributed by atoms with Crippen molar-refractivity contribution in [2.45, 2.75) is 6.04 Å². The number of nitrogens with zero attached hydrogens (tertiary/aromatic N) is 1. The molecule has 0 aliphatic rings. The van der Waals surface area contributed by atoms with Crippen molar-refractivity contribution in [2.75, 3.05) is 20.8 Å². The van der Waals surface area contributed by atoms with Crippen LogP contribution in [0.1, 0.15) is 0 Å². The summed E-state index contributed by atoms with van der Waals surface area (Å²) in [6.07, 6.45) is 0. The molecule has 1 unspecified atom stereocenters. The number of rotatable bonds is 7. The number of nitrogens with two attached hydrogens (primary N) is 1. The molecule has 0 saturated heterocycles. The molecule has 0 aliphatic carbocycles. The second-order valence-corrected chi connectivity index (χ2v) is 3.65. The van der Waals surface area contributed by atoms with E-state index in [0.717, 1.165) is 0 Å². The Morgan fingerprint density at radius 3 is 2.68 bits per heavy atom. The largest absolute Gasteiger partial charge is 0.493 e. The minimum Gasteiger partial charge on any atom is -0.493 e. The minimum absolute atomic E-state index is 0.0522. The van der Waals surface area contributed by atoms with E-state index in [-0.39, 0.29) is 18.0 Å². The number of carbonyl (C=O) groups is 1. The second-order valence-electron chi connectivity index (χ2n) is 3.65. The van der Waals surface area contributed by atoms with E-state index in [0.29, 0.717) is 5.75 Å². The number of carbonyl (C=O) groups excluding carboxylic acids is 1. The van der Waals surface area contributed by atoms with E-state index >= 15 is 0 Å². The summed E-state index contributed by atoms with van der Waals surface area (Å²) in [6.45, 7) is -0.0522. The zero-order valence-electron chi connectivity index (χ0n) is 10.6. The summed E-state index contributed by atoms with van der Waals surface area (Å²) < 4.78 is 10.4. The lowest BCUT2D eigenvalue weighted by molar-refractivity contribution is -0.385. The van der Waals surface area contributed by atoms with E-state index in [9.17, 15) is 14.9 Å². The van der Waals surface area contributed by atoms with E-state index in [4.69, 9.17) is 15.2 Å². The number of methoxy groups -OCH3 is 1. The normalized spacial score (nSPS) is 11.7. The van der Waals surface area contributed by atoms with E-state index in [2.05, 4.69) is 5.32 Å². The highest BCUT2D eigenvalue weighted by Crippen LogP contribution is 2.31. The smallest absolute Gasteiger partial charge is 0.273 e. The molecule has 1 rings (SSSR count). The van der Waals surface area contributed by atoms with Crippen LogP contribution in [0.2, 0.25) is 0 Å². The van der Waals surface area contributed by atoms with Gasteiger partial charge in [0.1, 0.15) is 12.6 Å². The first-order chi connectivity index (χ1) is 8.99. The zero-order valence-corrected chi connectivity index (χ0v) is 10.6. The molecule has 104 valence electrons. The molecule has 0 spiro atoms. The van der Waals surface area contributed by atoms with Crippen molar-refractivity contribution < 1.29 is 19.2 Å². The van der Waals surface area contributed by atoms with Crippen LogP contribution in [0.15, 0.2) is 18.2 Å². The summed E-state index contributed by atoms with van der Waals surface area (Å²) in [4.78, 5) is 21.2. The summed E-state index contributed by atoms with van der Waals surface area (Å²) in [5.74, 6) is -0.0602. The number of hydrogen-bond donors (Lipinski definition) is 2. The number of ether oxygens (including phenoxy) is 2. The highest BCUT2D eigenvalue weighted by Gasteiger charge is 2.17. The Bertz CT molecular complexity index is 477. The molecule has 19 heavy (non-hydrogen) atoms. The average Bonchev–Trinajstić information content (AvgIpc) is 2.38. The second kappa shape index (κ2) is 6.55. The average molecular weight is 269 g/mol. The lowest BCUT2D eigenvalue weighted by Gasteiger charge is -2.15. The van der Waals surface area contributed by atoms with Gasteiger partial charge in [0.05, 0.1) is 18.1 Å². The van der Waals surface area contributed by atoms with Crippen molar-refractivity contribution in [3.63, 3.8) is 0 Å². The first-order valence-corrected chi connectivity index (χ1v) is 5.41. The van der Waals surface area contributed by atoms with E-state index in [1.165, 1.54) is 25.3 Å². The van der Waals surface area contributed by atoms with Crippen LogP contribution in [-0.2, 0) is 4.79 Å². The lowest BCUT2D eigenvalue weighted by atomic mass is 10.2. The molecule has 0 heterocycles. The van der Waals surface area contributed by atoms with Gasteiger partial charge in [-0.2, -0.15) is 0 Å². The fourth-order valence-electron chi connectivity index (χ4n) is 1.37. The zero-order chi connectivity index (χ0) is 14.4. The van der Waals surface area contributed by atoms with Gasteiger partial charge in [0.25, 0.3) is 5.69 Å². The third kappa shape index (κ3) is 3.81. The highest BCUT2D eigenvalue weighted by molar-refractivity contribution is 5.80. The molecule has 8 nitrogen and oxygen atoms in total. The van der Waals surface area contributed by atoms with E-state index < -0.39 is 16.9 Å². The summed E-state index contributed by atoms with van der Waals surface area (Å²) in [5, 5.41) is 13.4. The number of non-ortho nitro benzene ring substituents is 1. The molecule has 0 radical (unpaired) electrons. The molecule has 1 aromatic carbocycles. The van der Waals surface area contributed by atoms with Gasteiger partial charge in [0, 0.05) is 6.07 Å². The third-order valence-electron chi connectivity index (χ3n) is 2.46. The van der Waals surface area contributed by atoms with Crippen LogP contribution in [0.25, 0.3) is 0 Å². The van der Waals surface area contributed by atoms with Gasteiger partial charge in [0.15, 0.2) is 11.5 Å². The Labute approximate surface area is 109 Å². The number of benzene rings is 1. The molecule has 0 fully saturated rings. The predicted octanol–water partition coefficient (Wildman–Crippen LogP) is 0.0555. The maximum atomic E-state index is 11.0. The Kier molecular flexibility index (Phi) is 5.07. The molecule has 0 aromatic heterocycles. The minimum atomic E-state index is -0.691. The molecule has 1 amide bonds. The fourth-order valence-corrected chi connectivity index (χ4v) is 1.37. The summed E-state index contributed by atoms with van der Waals surface area (Å²) in [6, 6.07) is 3.26. The van der Waals surface area contributed by atoms with Gasteiger partial charge in [-0.25, -0.2) is 0 Å². The fraction of sp³-hybridized carbons (Fsp3) is 0.364. The first kappa shape index (κ1) is 14.7. The third-order valence-corrected chi connectivity index (χ3v) is 2.46. The standard InChI is InChI=1S/C11H15N3O5/c1-13-8(11(12)15)6-19-10-5-7(14(16)17)3-4-9(10)18-2/h3-5,8,13H,6H2,1-2H3,(H2,12,15). The molecule has 1 atom stereocenters. The summed E-state index contributed by atoms with van der Waals surface area (Å²) in [5.41, 5.74) is 5.01. The Morgan fingerprint density at radius 1 is 1.53 bits per heavy atom. The van der Waals surface area contributed by atoms with Crippen molar-refractivity contribution in [1.29, 1.82) is 0 Å². The number of likely N-dealkylation sites (N-methyl/N-ethyl adjacent to an activating group) is 1. The Morgan fingerprint density at radius 2 is 2.21 bits per heavy atom. The SMILES string of the molecule is CNC(COc1cc([N+](=O)[O-])ccc1OC)C(N)=O. The topological polar surface area (TPSA) is 117 Å². The van der Waals surface area contributed by atoms with Crippen molar-refractivity contribution in [3.8, 4) is 11.5 Å². The summed E-state index contributed by atoms with van der Waals surface area (Å²) >= 11 is 0. The van der Waals surface area contributed by atoms with Crippen molar-refractivity contribution in [3.05, 3.63) is 28.3 Å². The van der Waals surface area contributed by atoms with E-state index in [1.807, 2.05) is 0 Å². The van der Waals surface area contributed by atoms with Gasteiger partial charge in [-0.1, -0.05) is 0 Å². The maximum Gasteiger partial charge on any atom is 0.273 e. The van der Waals surface area contributed by atoms with Gasteiger partial charge >= 0.3 is 0 Å². The van der Waals surface area contributed by atoms with E-state index in [1.54, 1.807) is 7.05 Å². The van der Waals surface area contributed by atoms with Crippen molar-refractivity contribution in [1.82, 2.24) is 5.32 Å². The highest BCUT2D eigenvalue weighted by atomic mass is 16.6. The maximum absolute atomic E-state index is 11.0. The van der Waals surface area contributed by atoms with Crippen LogP contribution in [-0.4, -0.2) is 37.6 Å². The van der Waals surface area contributed by atoms with Crippen molar-refractivity contribution >= 4 is 11.6 Å². The summed E-state index contributed by atoms with van der Waals surface area (Å²) in [7, 11) is 2.97. The number of primary amides is 1. The van der Waals surface area contributed by atoms with Crippen LogP contribution in [0.5, 0.6) is 11.5 Å². The number of amides is 1. The predicted molar refractivity (Wildman–Crippen MR) is 67.2 cm³/mol. The van der Waals surface area contributed by atoms with Crippen LogP contribution in [0, 0.1) is 10.1 Å². The molecule has 0 bridgehead atoms. The lowest BCUT2D eigenvalue weighted by Crippen LogP contribution is -2.43.